The van der Waals surface area contributed by atoms with Crippen molar-refractivity contribution in [3.63, 3.8) is 0 Å². The minimum Gasteiger partial charge on any atom is -0.389 e. The van der Waals surface area contributed by atoms with Crippen LogP contribution in [-0.2, 0) is 4.74 Å². The molecule has 3 aliphatic rings. The third-order valence-corrected chi connectivity index (χ3v) is 6.26. The summed E-state index contributed by atoms with van der Waals surface area (Å²) in [4.78, 5) is 2.36. The zero-order valence-corrected chi connectivity index (χ0v) is 13.4. The molecule has 3 fully saturated rings. The summed E-state index contributed by atoms with van der Waals surface area (Å²) in [5, 5.41) is 10.2. The fourth-order valence-corrected chi connectivity index (χ4v) is 5.20. The first-order valence-corrected chi connectivity index (χ1v) is 8.44. The second-order valence-electron chi connectivity index (χ2n) is 8.29. The predicted octanol–water partition coefficient (Wildman–Crippen LogP) is 2.67. The zero-order chi connectivity index (χ0) is 14.4. The van der Waals surface area contributed by atoms with E-state index in [4.69, 9.17) is 4.74 Å². The molecule has 4 atom stereocenters. The van der Waals surface area contributed by atoms with E-state index in [0.717, 1.165) is 25.6 Å². The summed E-state index contributed by atoms with van der Waals surface area (Å²) < 4.78 is 6.25. The number of aliphatic hydroxyl groups excluding tert-OH is 1. The van der Waals surface area contributed by atoms with Crippen molar-refractivity contribution >= 4 is 0 Å². The summed E-state index contributed by atoms with van der Waals surface area (Å²) in [6.07, 6.45) is 6.53. The summed E-state index contributed by atoms with van der Waals surface area (Å²) in [6.45, 7) is 10.7. The third kappa shape index (κ3) is 2.53. The Kier molecular flexibility index (Phi) is 3.89. The van der Waals surface area contributed by atoms with Crippen molar-refractivity contribution in [3.8, 4) is 0 Å². The Hall–Kier alpha value is -0.120. The second-order valence-corrected chi connectivity index (χ2v) is 8.29. The van der Waals surface area contributed by atoms with Gasteiger partial charge in [-0.25, -0.2) is 0 Å². The molecule has 20 heavy (non-hydrogen) atoms. The molecule has 0 amide bonds. The van der Waals surface area contributed by atoms with Crippen molar-refractivity contribution in [2.24, 2.45) is 16.7 Å². The second kappa shape index (κ2) is 5.26. The number of nitrogens with zero attached hydrogens (tertiary/aromatic N) is 1. The van der Waals surface area contributed by atoms with Gasteiger partial charge >= 0.3 is 0 Å². The molecule has 0 aromatic heterocycles. The fraction of sp³-hybridized carbons (Fsp3) is 1.00. The Balaban J connectivity index is 1.52. The minimum atomic E-state index is -0.327. The van der Waals surface area contributed by atoms with E-state index < -0.39 is 0 Å². The molecule has 3 nitrogen and oxygen atoms in total. The molecule has 0 aromatic rings. The first-order valence-electron chi connectivity index (χ1n) is 8.44. The van der Waals surface area contributed by atoms with Crippen LogP contribution in [0, 0.1) is 16.7 Å². The Bertz CT molecular complexity index is 346. The van der Waals surface area contributed by atoms with Crippen molar-refractivity contribution in [2.45, 2.75) is 65.1 Å². The maximum absolute atomic E-state index is 10.2. The van der Waals surface area contributed by atoms with Crippen molar-refractivity contribution in [1.82, 2.24) is 4.90 Å². The summed E-state index contributed by atoms with van der Waals surface area (Å²) >= 11 is 0. The van der Waals surface area contributed by atoms with Gasteiger partial charge < -0.3 is 14.7 Å². The molecule has 1 saturated heterocycles. The third-order valence-electron chi connectivity index (χ3n) is 6.26. The number of likely N-dealkylation sites (tertiary alicyclic amines) is 1. The van der Waals surface area contributed by atoms with Crippen LogP contribution in [-0.4, -0.2) is 48.5 Å². The predicted molar refractivity (Wildman–Crippen MR) is 80.6 cm³/mol. The van der Waals surface area contributed by atoms with Crippen molar-refractivity contribution in [3.05, 3.63) is 0 Å². The van der Waals surface area contributed by atoms with E-state index >= 15 is 0 Å². The number of hydrogen-bond donors (Lipinski definition) is 1. The van der Waals surface area contributed by atoms with Crippen molar-refractivity contribution in [2.75, 3.05) is 26.2 Å². The standard InChI is InChI=1S/C17H31NO2/c1-16(2)13-6-7-17(3,10-13)15(16)20-12-14(19)11-18-8-4-5-9-18/h13-15,19H,4-12H2,1-3H3/t13-,14-,15-,17+/m0/s1. The highest BCUT2D eigenvalue weighted by molar-refractivity contribution is 5.09. The number of β-amino-alcohol motifs (C(OH)–C–C–N with tert-alkyl or cyclic N) is 1. The molecular formula is C17H31NO2. The van der Waals surface area contributed by atoms with Gasteiger partial charge in [-0.2, -0.15) is 0 Å². The Labute approximate surface area is 123 Å². The molecule has 2 bridgehead atoms. The van der Waals surface area contributed by atoms with Crippen LogP contribution < -0.4 is 0 Å². The van der Waals surface area contributed by atoms with Crippen LogP contribution in [0.3, 0.4) is 0 Å². The first kappa shape index (κ1) is 14.8. The number of hydrogen-bond acceptors (Lipinski definition) is 3. The quantitative estimate of drug-likeness (QED) is 0.841. The average Bonchev–Trinajstić information content (AvgIpc) is 3.02. The molecule has 0 spiro atoms. The fourth-order valence-electron chi connectivity index (χ4n) is 5.20. The van der Waals surface area contributed by atoms with Gasteiger partial charge in [0, 0.05) is 6.54 Å². The van der Waals surface area contributed by atoms with Crippen LogP contribution >= 0.6 is 0 Å². The lowest BCUT2D eigenvalue weighted by Gasteiger charge is -2.42. The lowest BCUT2D eigenvalue weighted by molar-refractivity contribution is -0.113. The molecule has 1 N–H and O–H groups in total. The van der Waals surface area contributed by atoms with Crippen LogP contribution in [0.25, 0.3) is 0 Å². The maximum Gasteiger partial charge on any atom is 0.0900 e. The molecule has 116 valence electrons. The molecule has 0 aromatic carbocycles. The maximum atomic E-state index is 10.2. The van der Waals surface area contributed by atoms with Gasteiger partial charge in [0.1, 0.15) is 0 Å². The summed E-state index contributed by atoms with van der Waals surface area (Å²) in [5.74, 6) is 0.813. The molecule has 1 aliphatic heterocycles. The van der Waals surface area contributed by atoms with E-state index in [0.29, 0.717) is 18.1 Å². The topological polar surface area (TPSA) is 32.7 Å². The van der Waals surface area contributed by atoms with Crippen LogP contribution in [0.5, 0.6) is 0 Å². The molecular weight excluding hydrogens is 250 g/mol. The summed E-state index contributed by atoms with van der Waals surface area (Å²) in [7, 11) is 0. The molecule has 1 heterocycles. The lowest BCUT2D eigenvalue weighted by Crippen LogP contribution is -2.44. The summed E-state index contributed by atoms with van der Waals surface area (Å²) in [6, 6.07) is 0. The first-order chi connectivity index (χ1) is 9.42. The smallest absolute Gasteiger partial charge is 0.0900 e. The van der Waals surface area contributed by atoms with E-state index in [1.54, 1.807) is 0 Å². The Morgan fingerprint density at radius 3 is 2.55 bits per heavy atom. The molecule has 3 heteroatoms. The number of ether oxygens (including phenoxy) is 1. The lowest BCUT2D eigenvalue weighted by atomic mass is 9.70. The Morgan fingerprint density at radius 1 is 1.25 bits per heavy atom. The van der Waals surface area contributed by atoms with Gasteiger partial charge in [-0.3, -0.25) is 0 Å². The Morgan fingerprint density at radius 2 is 1.95 bits per heavy atom. The monoisotopic (exact) mass is 281 g/mol. The van der Waals surface area contributed by atoms with Gasteiger partial charge in [0.25, 0.3) is 0 Å². The highest BCUT2D eigenvalue weighted by atomic mass is 16.5. The number of rotatable bonds is 5. The van der Waals surface area contributed by atoms with Gasteiger partial charge in [-0.15, -0.1) is 0 Å². The molecule has 2 saturated carbocycles. The molecule has 2 aliphatic carbocycles. The number of fused-ring (bicyclic) bond motifs is 2. The molecule has 0 radical (unpaired) electrons. The van der Waals surface area contributed by atoms with Gasteiger partial charge in [0.05, 0.1) is 18.8 Å². The zero-order valence-electron chi connectivity index (χ0n) is 13.4. The highest BCUT2D eigenvalue weighted by Crippen LogP contribution is 2.63. The SMILES string of the molecule is CC1(C)[C@H]2CC[C@](C)(C2)[C@H]1OC[C@@H](O)CN1CCCC1. The van der Waals surface area contributed by atoms with Crippen molar-refractivity contribution < 1.29 is 9.84 Å². The average molecular weight is 281 g/mol. The molecule has 0 unspecified atom stereocenters. The molecule has 3 rings (SSSR count). The van der Waals surface area contributed by atoms with Crippen LogP contribution in [0.15, 0.2) is 0 Å². The largest absolute Gasteiger partial charge is 0.389 e. The normalized spacial score (nSPS) is 41.4. The van der Waals surface area contributed by atoms with Crippen molar-refractivity contribution in [1.29, 1.82) is 0 Å². The van der Waals surface area contributed by atoms with E-state index in [-0.39, 0.29) is 11.5 Å². The summed E-state index contributed by atoms with van der Waals surface area (Å²) in [5.41, 5.74) is 0.627. The van der Waals surface area contributed by atoms with E-state index in [9.17, 15) is 5.11 Å². The van der Waals surface area contributed by atoms with E-state index in [2.05, 4.69) is 25.7 Å². The van der Waals surface area contributed by atoms with Gasteiger partial charge in [-0.1, -0.05) is 20.8 Å². The van der Waals surface area contributed by atoms with E-state index in [1.807, 2.05) is 0 Å². The van der Waals surface area contributed by atoms with Crippen LogP contribution in [0.1, 0.15) is 52.9 Å². The van der Waals surface area contributed by atoms with E-state index in [1.165, 1.54) is 32.1 Å². The van der Waals surface area contributed by atoms with Crippen LogP contribution in [0.2, 0.25) is 0 Å². The van der Waals surface area contributed by atoms with Gasteiger partial charge in [0.15, 0.2) is 0 Å². The highest BCUT2D eigenvalue weighted by Gasteiger charge is 2.60. The number of aliphatic hydroxyl groups is 1. The minimum absolute atomic E-state index is 0.278. The van der Waals surface area contributed by atoms with Crippen LogP contribution in [0.4, 0.5) is 0 Å². The van der Waals surface area contributed by atoms with Gasteiger partial charge in [0.2, 0.25) is 0 Å². The van der Waals surface area contributed by atoms with Gasteiger partial charge in [-0.05, 0) is 61.9 Å².